The SMILES string of the molecule is COc1ccc(Cl)c2c1N(C(=O)C(C)n1nc(C)cc1C)CCC2. The molecule has 0 spiro atoms. The number of fused-ring (bicyclic) bond motifs is 1. The molecule has 1 atom stereocenters. The molecule has 6 heteroatoms. The number of hydrogen-bond donors (Lipinski definition) is 0. The molecule has 1 aliphatic heterocycles. The number of benzene rings is 1. The van der Waals surface area contributed by atoms with Gasteiger partial charge in [0.05, 0.1) is 18.5 Å². The molecule has 0 aliphatic carbocycles. The molecule has 0 bridgehead atoms. The Morgan fingerprint density at radius 2 is 2.12 bits per heavy atom. The molecular formula is C18H22ClN3O2. The largest absolute Gasteiger partial charge is 0.495 e. The summed E-state index contributed by atoms with van der Waals surface area (Å²) >= 11 is 6.36. The second kappa shape index (κ2) is 6.48. The molecule has 128 valence electrons. The quantitative estimate of drug-likeness (QED) is 0.850. The number of carbonyl (C=O) groups excluding carboxylic acids is 1. The number of aromatic nitrogens is 2. The Morgan fingerprint density at radius 1 is 1.38 bits per heavy atom. The van der Waals surface area contributed by atoms with Crippen LogP contribution in [0.2, 0.25) is 5.02 Å². The maximum absolute atomic E-state index is 13.2. The fraction of sp³-hybridized carbons (Fsp3) is 0.444. The molecule has 1 unspecified atom stereocenters. The van der Waals surface area contributed by atoms with Crippen molar-refractivity contribution < 1.29 is 9.53 Å². The second-order valence-corrected chi connectivity index (χ2v) is 6.63. The van der Waals surface area contributed by atoms with E-state index < -0.39 is 0 Å². The third-order valence-corrected chi connectivity index (χ3v) is 4.88. The molecule has 2 heterocycles. The summed E-state index contributed by atoms with van der Waals surface area (Å²) in [6.45, 7) is 6.43. The van der Waals surface area contributed by atoms with Crippen molar-refractivity contribution >= 4 is 23.2 Å². The van der Waals surface area contributed by atoms with Crippen molar-refractivity contribution in [3.8, 4) is 5.75 Å². The third-order valence-electron chi connectivity index (χ3n) is 4.52. The van der Waals surface area contributed by atoms with E-state index in [0.717, 1.165) is 35.5 Å². The van der Waals surface area contributed by atoms with Gasteiger partial charge in [-0.05, 0) is 57.4 Å². The normalized spacial score (nSPS) is 15.1. The van der Waals surface area contributed by atoms with Crippen molar-refractivity contribution in [3.05, 3.63) is 40.2 Å². The molecule has 2 aromatic rings. The van der Waals surface area contributed by atoms with Crippen molar-refractivity contribution in [3.63, 3.8) is 0 Å². The highest BCUT2D eigenvalue weighted by Gasteiger charge is 2.31. The van der Waals surface area contributed by atoms with Gasteiger partial charge in [0.25, 0.3) is 5.91 Å². The number of ether oxygens (including phenoxy) is 1. The zero-order valence-electron chi connectivity index (χ0n) is 14.5. The molecule has 1 amide bonds. The maximum atomic E-state index is 13.2. The molecule has 1 aliphatic rings. The van der Waals surface area contributed by atoms with Gasteiger partial charge in [-0.3, -0.25) is 9.48 Å². The van der Waals surface area contributed by atoms with Gasteiger partial charge in [-0.15, -0.1) is 0 Å². The third kappa shape index (κ3) is 2.77. The van der Waals surface area contributed by atoms with Crippen LogP contribution in [0.1, 0.15) is 36.3 Å². The minimum atomic E-state index is -0.381. The minimum Gasteiger partial charge on any atom is -0.495 e. The van der Waals surface area contributed by atoms with Crippen LogP contribution >= 0.6 is 11.6 Å². The summed E-state index contributed by atoms with van der Waals surface area (Å²) in [5, 5.41) is 5.14. The fourth-order valence-corrected chi connectivity index (χ4v) is 3.65. The van der Waals surface area contributed by atoms with Crippen molar-refractivity contribution in [1.29, 1.82) is 0 Å². The lowest BCUT2D eigenvalue weighted by Crippen LogP contribution is -2.40. The van der Waals surface area contributed by atoms with E-state index in [1.165, 1.54) is 0 Å². The first-order valence-corrected chi connectivity index (χ1v) is 8.51. The van der Waals surface area contributed by atoms with Crippen molar-refractivity contribution in [2.45, 2.75) is 39.7 Å². The number of methoxy groups -OCH3 is 1. The minimum absolute atomic E-state index is 0.00252. The Morgan fingerprint density at radius 3 is 2.75 bits per heavy atom. The van der Waals surface area contributed by atoms with Crippen molar-refractivity contribution in [2.75, 3.05) is 18.6 Å². The molecule has 1 aromatic heterocycles. The highest BCUT2D eigenvalue weighted by molar-refractivity contribution is 6.32. The molecule has 1 aromatic carbocycles. The molecule has 3 rings (SSSR count). The molecule has 5 nitrogen and oxygen atoms in total. The molecule has 0 saturated heterocycles. The van der Waals surface area contributed by atoms with Crippen molar-refractivity contribution in [1.82, 2.24) is 9.78 Å². The van der Waals surface area contributed by atoms with Crippen LogP contribution in [-0.2, 0) is 11.2 Å². The van der Waals surface area contributed by atoms with E-state index in [9.17, 15) is 4.79 Å². The van der Waals surface area contributed by atoms with E-state index in [4.69, 9.17) is 16.3 Å². The van der Waals surface area contributed by atoms with Crippen LogP contribution in [0.15, 0.2) is 18.2 Å². The Hall–Kier alpha value is -2.01. The topological polar surface area (TPSA) is 47.4 Å². The number of aryl methyl sites for hydroxylation is 2. The van der Waals surface area contributed by atoms with Gasteiger partial charge >= 0.3 is 0 Å². The Balaban J connectivity index is 2.01. The number of halogens is 1. The number of amides is 1. The standard InChI is InChI=1S/C18H22ClN3O2/c1-11-10-12(2)22(20-11)13(3)18(23)21-9-5-6-14-15(19)7-8-16(24-4)17(14)21/h7-8,10,13H,5-6,9H2,1-4H3. The highest BCUT2D eigenvalue weighted by Crippen LogP contribution is 2.41. The van der Waals surface area contributed by atoms with E-state index in [-0.39, 0.29) is 11.9 Å². The zero-order valence-corrected chi connectivity index (χ0v) is 15.2. The van der Waals surface area contributed by atoms with Crippen LogP contribution in [0, 0.1) is 13.8 Å². The summed E-state index contributed by atoms with van der Waals surface area (Å²) < 4.78 is 7.27. The smallest absolute Gasteiger partial charge is 0.251 e. The van der Waals surface area contributed by atoms with Gasteiger partial charge in [0, 0.05) is 17.3 Å². The van der Waals surface area contributed by atoms with Crippen LogP contribution in [0.3, 0.4) is 0 Å². The lowest BCUT2D eigenvalue weighted by atomic mass is 10.00. The van der Waals surface area contributed by atoms with E-state index in [1.807, 2.05) is 39.0 Å². The molecular weight excluding hydrogens is 326 g/mol. The zero-order chi connectivity index (χ0) is 17.4. The van der Waals surface area contributed by atoms with E-state index in [1.54, 1.807) is 16.7 Å². The van der Waals surface area contributed by atoms with Gasteiger partial charge in [0.15, 0.2) is 0 Å². The van der Waals surface area contributed by atoms with Gasteiger partial charge in [-0.2, -0.15) is 5.10 Å². The van der Waals surface area contributed by atoms with Crippen LogP contribution in [0.4, 0.5) is 5.69 Å². The Labute approximate surface area is 147 Å². The van der Waals surface area contributed by atoms with Crippen LogP contribution in [0.5, 0.6) is 5.75 Å². The number of hydrogen-bond acceptors (Lipinski definition) is 3. The Bertz CT molecular complexity index is 785. The summed E-state index contributed by atoms with van der Waals surface area (Å²) in [5.41, 5.74) is 3.67. The summed E-state index contributed by atoms with van der Waals surface area (Å²) in [5.74, 6) is 0.686. The second-order valence-electron chi connectivity index (χ2n) is 6.22. The first-order valence-electron chi connectivity index (χ1n) is 8.13. The molecule has 0 saturated carbocycles. The monoisotopic (exact) mass is 347 g/mol. The van der Waals surface area contributed by atoms with Crippen molar-refractivity contribution in [2.24, 2.45) is 0 Å². The summed E-state index contributed by atoms with van der Waals surface area (Å²) in [6.07, 6.45) is 1.74. The van der Waals surface area contributed by atoms with Crippen LogP contribution in [-0.4, -0.2) is 29.3 Å². The van der Waals surface area contributed by atoms with Gasteiger partial charge in [-0.25, -0.2) is 0 Å². The first-order chi connectivity index (χ1) is 11.4. The van der Waals surface area contributed by atoms with Crippen LogP contribution < -0.4 is 9.64 Å². The predicted molar refractivity (Wildman–Crippen MR) is 95.1 cm³/mol. The predicted octanol–water partition coefficient (Wildman–Crippen LogP) is 3.70. The number of rotatable bonds is 3. The van der Waals surface area contributed by atoms with Crippen LogP contribution in [0.25, 0.3) is 0 Å². The summed E-state index contributed by atoms with van der Waals surface area (Å²) in [6, 6.07) is 5.25. The number of anilines is 1. The van der Waals surface area contributed by atoms with Gasteiger partial charge in [-0.1, -0.05) is 11.6 Å². The average molecular weight is 348 g/mol. The fourth-order valence-electron chi connectivity index (χ4n) is 3.40. The first kappa shape index (κ1) is 16.8. The van der Waals surface area contributed by atoms with E-state index in [0.29, 0.717) is 17.3 Å². The number of nitrogens with zero attached hydrogens (tertiary/aromatic N) is 3. The van der Waals surface area contributed by atoms with E-state index in [2.05, 4.69) is 5.10 Å². The molecule has 0 N–H and O–H groups in total. The lowest BCUT2D eigenvalue weighted by Gasteiger charge is -2.33. The maximum Gasteiger partial charge on any atom is 0.251 e. The van der Waals surface area contributed by atoms with Gasteiger partial charge in [0.2, 0.25) is 0 Å². The highest BCUT2D eigenvalue weighted by atomic mass is 35.5. The summed E-state index contributed by atoms with van der Waals surface area (Å²) in [7, 11) is 1.62. The molecule has 24 heavy (non-hydrogen) atoms. The Kier molecular flexibility index (Phi) is 4.54. The molecule has 0 fully saturated rings. The van der Waals surface area contributed by atoms with Gasteiger partial charge < -0.3 is 9.64 Å². The molecule has 0 radical (unpaired) electrons. The van der Waals surface area contributed by atoms with E-state index >= 15 is 0 Å². The lowest BCUT2D eigenvalue weighted by molar-refractivity contribution is -0.121. The van der Waals surface area contributed by atoms with Gasteiger partial charge in [0.1, 0.15) is 11.8 Å². The summed E-state index contributed by atoms with van der Waals surface area (Å²) in [4.78, 5) is 15.0. The number of carbonyl (C=O) groups is 1. The average Bonchev–Trinajstić information content (AvgIpc) is 2.92.